The molecule has 0 unspecified atom stereocenters. The van der Waals surface area contributed by atoms with Crippen LogP contribution in [0.15, 0.2) is 35.5 Å². The maximum Gasteiger partial charge on any atom is 0.243 e. The molecule has 1 saturated heterocycles. The number of aromatic nitrogens is 3. The van der Waals surface area contributed by atoms with E-state index < -0.39 is 10.0 Å². The minimum Gasteiger partial charge on any atom is -0.320 e. The van der Waals surface area contributed by atoms with Crippen molar-refractivity contribution in [2.45, 2.75) is 30.1 Å². The summed E-state index contributed by atoms with van der Waals surface area (Å²) in [6.07, 6.45) is 3.42. The lowest BCUT2D eigenvalue weighted by Crippen LogP contribution is -2.38. The molecule has 3 rings (SSSR count). The van der Waals surface area contributed by atoms with Crippen LogP contribution in [0.2, 0.25) is 0 Å². The highest BCUT2D eigenvalue weighted by atomic mass is 32.2. The fourth-order valence-electron chi connectivity index (χ4n) is 3.04. The van der Waals surface area contributed by atoms with Gasteiger partial charge in [0.15, 0.2) is 0 Å². The number of nitriles is 1. The lowest BCUT2D eigenvalue weighted by atomic mass is 9.97. The normalized spacial score (nSPS) is 16.8. The van der Waals surface area contributed by atoms with Gasteiger partial charge in [-0.25, -0.2) is 8.42 Å². The molecule has 0 spiro atoms. The van der Waals surface area contributed by atoms with E-state index in [1.165, 1.54) is 4.31 Å². The molecule has 24 heavy (non-hydrogen) atoms. The zero-order valence-corrected chi connectivity index (χ0v) is 14.3. The van der Waals surface area contributed by atoms with Crippen LogP contribution in [-0.4, -0.2) is 40.6 Å². The van der Waals surface area contributed by atoms with Crippen molar-refractivity contribution < 1.29 is 8.42 Å². The van der Waals surface area contributed by atoms with Gasteiger partial charge in [0.2, 0.25) is 10.0 Å². The van der Waals surface area contributed by atoms with E-state index in [9.17, 15) is 8.42 Å². The summed E-state index contributed by atoms with van der Waals surface area (Å²) in [6, 6.07) is 8.61. The van der Waals surface area contributed by atoms with Crippen molar-refractivity contribution in [1.82, 2.24) is 19.1 Å². The first-order valence-corrected chi connectivity index (χ1v) is 9.26. The summed E-state index contributed by atoms with van der Waals surface area (Å²) in [5.74, 6) is 1.15. The maximum absolute atomic E-state index is 12.7. The van der Waals surface area contributed by atoms with Crippen LogP contribution in [0.3, 0.4) is 0 Å². The van der Waals surface area contributed by atoms with Crippen molar-refractivity contribution in [2.75, 3.05) is 13.1 Å². The standard InChI is InChI=1S/C16H19N5O2S/c1-20-12-18-19-16(20)14-7-10-21(11-8-14)24(22,23)15-4-2-13(3-5-15)6-9-17/h2-5,12,14H,6-8,10-11H2,1H3. The Hall–Kier alpha value is -2.24. The third kappa shape index (κ3) is 3.18. The predicted octanol–water partition coefficient (Wildman–Crippen LogP) is 1.45. The van der Waals surface area contributed by atoms with Gasteiger partial charge in [-0.15, -0.1) is 10.2 Å². The van der Waals surface area contributed by atoms with Gasteiger partial charge in [0.05, 0.1) is 17.4 Å². The van der Waals surface area contributed by atoms with Crippen LogP contribution in [-0.2, 0) is 23.5 Å². The van der Waals surface area contributed by atoms with Crippen molar-refractivity contribution in [2.24, 2.45) is 7.05 Å². The molecule has 0 bridgehead atoms. The fourth-order valence-corrected chi connectivity index (χ4v) is 4.51. The quantitative estimate of drug-likeness (QED) is 0.836. The summed E-state index contributed by atoms with van der Waals surface area (Å²) < 4.78 is 28.9. The lowest BCUT2D eigenvalue weighted by Gasteiger charge is -2.30. The molecule has 0 atom stereocenters. The second-order valence-corrected chi connectivity index (χ2v) is 7.90. The van der Waals surface area contributed by atoms with Gasteiger partial charge >= 0.3 is 0 Å². The summed E-state index contributed by atoms with van der Waals surface area (Å²) in [5.41, 5.74) is 0.817. The molecule has 2 aromatic rings. The van der Waals surface area contributed by atoms with E-state index in [0.29, 0.717) is 13.1 Å². The van der Waals surface area contributed by atoms with Crippen molar-refractivity contribution in [1.29, 1.82) is 5.26 Å². The number of aryl methyl sites for hydroxylation is 1. The molecule has 1 fully saturated rings. The van der Waals surface area contributed by atoms with Gasteiger partial charge in [-0.05, 0) is 30.5 Å². The predicted molar refractivity (Wildman–Crippen MR) is 87.5 cm³/mol. The Morgan fingerprint density at radius 1 is 1.25 bits per heavy atom. The van der Waals surface area contributed by atoms with Crippen LogP contribution in [0.1, 0.15) is 30.1 Å². The molecular weight excluding hydrogens is 326 g/mol. The van der Waals surface area contributed by atoms with Gasteiger partial charge in [-0.1, -0.05) is 12.1 Å². The van der Waals surface area contributed by atoms with E-state index >= 15 is 0 Å². The average Bonchev–Trinajstić information content (AvgIpc) is 3.02. The van der Waals surface area contributed by atoms with E-state index in [1.807, 2.05) is 11.6 Å². The third-order valence-electron chi connectivity index (χ3n) is 4.41. The molecule has 0 N–H and O–H groups in total. The molecule has 0 saturated carbocycles. The van der Waals surface area contributed by atoms with Gasteiger partial charge in [-0.3, -0.25) is 0 Å². The Morgan fingerprint density at radius 2 is 1.92 bits per heavy atom. The zero-order chi connectivity index (χ0) is 17.2. The molecule has 1 aromatic heterocycles. The van der Waals surface area contributed by atoms with Gasteiger partial charge in [0.1, 0.15) is 12.2 Å². The first kappa shape index (κ1) is 16.6. The van der Waals surface area contributed by atoms with E-state index in [1.54, 1.807) is 30.6 Å². The number of piperidine rings is 1. The number of sulfonamides is 1. The Bertz CT molecular complexity index is 843. The highest BCUT2D eigenvalue weighted by Gasteiger charge is 2.31. The highest BCUT2D eigenvalue weighted by molar-refractivity contribution is 7.89. The smallest absolute Gasteiger partial charge is 0.243 e. The molecule has 0 aliphatic carbocycles. The van der Waals surface area contributed by atoms with Crippen molar-refractivity contribution in [3.63, 3.8) is 0 Å². The molecular formula is C16H19N5O2S. The highest BCUT2D eigenvalue weighted by Crippen LogP contribution is 2.29. The summed E-state index contributed by atoms with van der Waals surface area (Å²) in [6.45, 7) is 0.944. The Balaban J connectivity index is 1.71. The Labute approximate surface area is 141 Å². The summed E-state index contributed by atoms with van der Waals surface area (Å²) in [5, 5.41) is 16.7. The topological polar surface area (TPSA) is 91.9 Å². The second kappa shape index (κ2) is 6.71. The molecule has 1 aromatic carbocycles. The minimum absolute atomic E-state index is 0.238. The molecule has 0 amide bonds. The molecule has 0 radical (unpaired) electrons. The maximum atomic E-state index is 12.7. The number of hydrogen-bond donors (Lipinski definition) is 0. The molecule has 2 heterocycles. The van der Waals surface area contributed by atoms with Crippen LogP contribution < -0.4 is 0 Å². The van der Waals surface area contributed by atoms with Crippen LogP contribution in [0, 0.1) is 11.3 Å². The van der Waals surface area contributed by atoms with E-state index in [2.05, 4.69) is 16.3 Å². The van der Waals surface area contributed by atoms with Gasteiger partial charge in [0, 0.05) is 26.1 Å². The van der Waals surface area contributed by atoms with Crippen molar-refractivity contribution in [3.05, 3.63) is 42.0 Å². The largest absolute Gasteiger partial charge is 0.320 e. The first-order valence-electron chi connectivity index (χ1n) is 7.82. The summed E-state index contributed by atoms with van der Waals surface area (Å²) in [4.78, 5) is 0.279. The fraction of sp³-hybridized carbons (Fsp3) is 0.438. The second-order valence-electron chi connectivity index (χ2n) is 5.96. The molecule has 1 aliphatic rings. The molecule has 7 nitrogen and oxygen atoms in total. The van der Waals surface area contributed by atoms with E-state index in [-0.39, 0.29) is 17.2 Å². The van der Waals surface area contributed by atoms with Crippen molar-refractivity contribution in [3.8, 4) is 6.07 Å². The SMILES string of the molecule is Cn1cnnc1C1CCN(S(=O)(=O)c2ccc(CC#N)cc2)CC1. The number of rotatable bonds is 4. The number of benzene rings is 1. The Kier molecular flexibility index (Phi) is 4.64. The van der Waals surface area contributed by atoms with Crippen LogP contribution in [0.25, 0.3) is 0 Å². The molecule has 8 heteroatoms. The van der Waals surface area contributed by atoms with Gasteiger partial charge in [-0.2, -0.15) is 9.57 Å². The van der Waals surface area contributed by atoms with Crippen LogP contribution in [0.5, 0.6) is 0 Å². The monoisotopic (exact) mass is 345 g/mol. The lowest BCUT2D eigenvalue weighted by molar-refractivity contribution is 0.310. The number of nitrogens with zero attached hydrogens (tertiary/aromatic N) is 5. The first-order chi connectivity index (χ1) is 11.5. The summed E-state index contributed by atoms with van der Waals surface area (Å²) in [7, 11) is -1.58. The molecule has 1 aliphatic heterocycles. The summed E-state index contributed by atoms with van der Waals surface area (Å²) >= 11 is 0. The average molecular weight is 345 g/mol. The van der Waals surface area contributed by atoms with Crippen LogP contribution in [0.4, 0.5) is 0 Å². The Morgan fingerprint density at radius 3 is 2.46 bits per heavy atom. The molecule has 126 valence electrons. The minimum atomic E-state index is -3.49. The van der Waals surface area contributed by atoms with Crippen molar-refractivity contribution >= 4 is 10.0 Å². The number of hydrogen-bond acceptors (Lipinski definition) is 5. The van der Waals surface area contributed by atoms with Crippen LogP contribution >= 0.6 is 0 Å². The van der Waals surface area contributed by atoms with Gasteiger partial charge < -0.3 is 4.57 Å². The van der Waals surface area contributed by atoms with E-state index in [4.69, 9.17) is 5.26 Å². The van der Waals surface area contributed by atoms with Gasteiger partial charge in [0.25, 0.3) is 0 Å². The zero-order valence-electron chi connectivity index (χ0n) is 13.5. The third-order valence-corrected chi connectivity index (χ3v) is 6.32. The van der Waals surface area contributed by atoms with E-state index in [0.717, 1.165) is 24.2 Å².